The fourth-order valence-corrected chi connectivity index (χ4v) is 4.34. The summed E-state index contributed by atoms with van der Waals surface area (Å²) in [4.78, 5) is 21.8. The molecule has 0 aliphatic heterocycles. The Balaban J connectivity index is 1.72. The molecule has 0 aliphatic rings. The number of anilines is 1. The highest BCUT2D eigenvalue weighted by Crippen LogP contribution is 2.27. The summed E-state index contributed by atoms with van der Waals surface area (Å²) in [5, 5.41) is 11.3. The number of benzene rings is 2. The van der Waals surface area contributed by atoms with Gasteiger partial charge in [0, 0.05) is 22.2 Å². The first-order chi connectivity index (χ1) is 16.6. The Morgan fingerprint density at radius 1 is 1.03 bits per heavy atom. The second-order valence-corrected chi connectivity index (χ2v) is 8.98. The quantitative estimate of drug-likeness (QED) is 0.203. The minimum absolute atomic E-state index is 0.136. The molecular formula is C23H18ClF3N6OS. The van der Waals surface area contributed by atoms with Crippen molar-refractivity contribution in [3.05, 3.63) is 87.2 Å². The smallest absolute Gasteiger partial charge is 0.278 e. The SMILES string of the molecule is Cc1cc(C)nc(SCc2c(C(=O)Nc3ccc(F)c(F)c3F)nnn2-c2ccc(C)c(Cl)c2)n1. The zero-order valence-corrected chi connectivity index (χ0v) is 20.3. The zero-order chi connectivity index (χ0) is 25.3. The van der Waals surface area contributed by atoms with Gasteiger partial charge in [-0.1, -0.05) is 34.6 Å². The topological polar surface area (TPSA) is 85.6 Å². The molecular weight excluding hydrogens is 501 g/mol. The summed E-state index contributed by atoms with van der Waals surface area (Å²) in [6, 6.07) is 8.69. The molecule has 35 heavy (non-hydrogen) atoms. The van der Waals surface area contributed by atoms with Crippen LogP contribution in [-0.4, -0.2) is 30.9 Å². The Morgan fingerprint density at radius 3 is 2.43 bits per heavy atom. The molecule has 7 nitrogen and oxygen atoms in total. The molecule has 4 rings (SSSR count). The van der Waals surface area contributed by atoms with Crippen LogP contribution in [0.3, 0.4) is 0 Å². The molecule has 1 amide bonds. The van der Waals surface area contributed by atoms with Crippen LogP contribution in [0.15, 0.2) is 41.6 Å². The van der Waals surface area contributed by atoms with Crippen LogP contribution in [0.2, 0.25) is 5.02 Å². The van der Waals surface area contributed by atoms with Crippen LogP contribution in [0.1, 0.15) is 33.1 Å². The maximum atomic E-state index is 14.1. The first kappa shape index (κ1) is 24.7. The number of carbonyl (C=O) groups is 1. The minimum Gasteiger partial charge on any atom is -0.318 e. The van der Waals surface area contributed by atoms with E-state index in [1.807, 2.05) is 26.8 Å². The standard InChI is InChI=1S/C23H18ClF3N6OS/c1-11-4-5-14(9-15(11)24)33-18(10-35-23-28-12(2)8-13(3)29-23)21(31-32-33)22(34)30-17-7-6-16(25)19(26)20(17)27/h4-9H,10H2,1-3H3,(H,30,34). The number of rotatable bonds is 6. The van der Waals surface area contributed by atoms with Crippen molar-refractivity contribution in [1.29, 1.82) is 0 Å². The molecule has 0 bridgehead atoms. The highest BCUT2D eigenvalue weighted by molar-refractivity contribution is 7.98. The predicted octanol–water partition coefficient (Wildman–Crippen LogP) is 5.60. The largest absolute Gasteiger partial charge is 0.318 e. The maximum absolute atomic E-state index is 14.1. The molecule has 12 heteroatoms. The van der Waals surface area contributed by atoms with Gasteiger partial charge in [0.05, 0.1) is 17.1 Å². The van der Waals surface area contributed by atoms with E-state index in [0.717, 1.165) is 23.0 Å². The number of carbonyl (C=O) groups excluding carboxylic acids is 1. The summed E-state index contributed by atoms with van der Waals surface area (Å²) < 4.78 is 42.5. The fourth-order valence-electron chi connectivity index (χ4n) is 3.22. The van der Waals surface area contributed by atoms with E-state index in [9.17, 15) is 18.0 Å². The lowest BCUT2D eigenvalue weighted by Gasteiger charge is -2.10. The molecule has 0 atom stereocenters. The van der Waals surface area contributed by atoms with Gasteiger partial charge in [-0.25, -0.2) is 27.8 Å². The minimum atomic E-state index is -1.69. The van der Waals surface area contributed by atoms with Crippen molar-refractivity contribution in [2.75, 3.05) is 5.32 Å². The van der Waals surface area contributed by atoms with E-state index in [1.165, 1.54) is 16.4 Å². The first-order valence-electron chi connectivity index (χ1n) is 10.2. The summed E-state index contributed by atoms with van der Waals surface area (Å²) in [6.45, 7) is 5.53. The summed E-state index contributed by atoms with van der Waals surface area (Å²) in [5.41, 5.74) is 2.64. The van der Waals surface area contributed by atoms with Crippen LogP contribution in [0.25, 0.3) is 5.69 Å². The highest BCUT2D eigenvalue weighted by atomic mass is 35.5. The van der Waals surface area contributed by atoms with E-state index < -0.39 is 29.0 Å². The molecule has 0 fully saturated rings. The number of hydrogen-bond acceptors (Lipinski definition) is 6. The Morgan fingerprint density at radius 2 is 1.74 bits per heavy atom. The van der Waals surface area contributed by atoms with Crippen molar-refractivity contribution in [3.63, 3.8) is 0 Å². The van der Waals surface area contributed by atoms with Gasteiger partial charge in [0.15, 0.2) is 28.3 Å². The number of aryl methyl sites for hydroxylation is 3. The second-order valence-electron chi connectivity index (χ2n) is 7.63. The summed E-state index contributed by atoms with van der Waals surface area (Å²) in [6.07, 6.45) is 0. The van der Waals surface area contributed by atoms with E-state index in [4.69, 9.17) is 11.6 Å². The third-order valence-corrected chi connectivity index (χ3v) is 6.23. The highest BCUT2D eigenvalue weighted by Gasteiger charge is 2.24. The van der Waals surface area contributed by atoms with Crippen LogP contribution in [-0.2, 0) is 5.75 Å². The number of nitrogens with zero attached hydrogens (tertiary/aromatic N) is 5. The Bertz CT molecular complexity index is 1430. The summed E-state index contributed by atoms with van der Waals surface area (Å²) in [7, 11) is 0. The van der Waals surface area contributed by atoms with E-state index in [2.05, 4.69) is 25.6 Å². The molecule has 0 saturated carbocycles. The second kappa shape index (κ2) is 10.0. The zero-order valence-electron chi connectivity index (χ0n) is 18.7. The molecule has 0 saturated heterocycles. The molecule has 2 heterocycles. The number of nitrogens with one attached hydrogen (secondary N) is 1. The van der Waals surface area contributed by atoms with Gasteiger partial charge < -0.3 is 5.32 Å². The van der Waals surface area contributed by atoms with Gasteiger partial charge in [0.2, 0.25) is 0 Å². The van der Waals surface area contributed by atoms with Gasteiger partial charge >= 0.3 is 0 Å². The van der Waals surface area contributed by atoms with Crippen molar-refractivity contribution in [3.8, 4) is 5.69 Å². The van der Waals surface area contributed by atoms with Crippen molar-refractivity contribution < 1.29 is 18.0 Å². The Labute approximate surface area is 207 Å². The van der Waals surface area contributed by atoms with Gasteiger partial charge in [-0.15, -0.1) is 5.10 Å². The van der Waals surface area contributed by atoms with Crippen LogP contribution in [0, 0.1) is 38.2 Å². The molecule has 0 unspecified atom stereocenters. The normalized spacial score (nSPS) is 11.1. The van der Waals surface area contributed by atoms with Crippen molar-refractivity contribution in [2.45, 2.75) is 31.7 Å². The number of hydrogen-bond donors (Lipinski definition) is 1. The van der Waals surface area contributed by atoms with Crippen LogP contribution >= 0.6 is 23.4 Å². The first-order valence-corrected chi connectivity index (χ1v) is 11.6. The maximum Gasteiger partial charge on any atom is 0.278 e. The molecule has 180 valence electrons. The summed E-state index contributed by atoms with van der Waals surface area (Å²) >= 11 is 7.52. The van der Waals surface area contributed by atoms with Crippen LogP contribution in [0.4, 0.5) is 18.9 Å². The molecule has 0 aliphatic carbocycles. The van der Waals surface area contributed by atoms with E-state index >= 15 is 0 Å². The van der Waals surface area contributed by atoms with Crippen molar-refractivity contribution in [1.82, 2.24) is 25.0 Å². The lowest BCUT2D eigenvalue weighted by Crippen LogP contribution is -2.17. The van der Waals surface area contributed by atoms with Crippen LogP contribution < -0.4 is 5.32 Å². The Kier molecular flexibility index (Phi) is 7.08. The number of thioether (sulfide) groups is 1. The Hall–Kier alpha value is -3.44. The third-order valence-electron chi connectivity index (χ3n) is 4.96. The monoisotopic (exact) mass is 518 g/mol. The lowest BCUT2D eigenvalue weighted by molar-refractivity contribution is 0.102. The molecule has 1 N–H and O–H groups in total. The summed E-state index contributed by atoms with van der Waals surface area (Å²) in [5.74, 6) is -5.26. The number of amides is 1. The third kappa shape index (κ3) is 5.30. The van der Waals surface area contributed by atoms with E-state index in [-0.39, 0.29) is 11.4 Å². The predicted molar refractivity (Wildman–Crippen MR) is 126 cm³/mol. The molecule has 2 aromatic carbocycles. The molecule has 0 spiro atoms. The molecule has 2 aromatic heterocycles. The molecule has 0 radical (unpaired) electrons. The average Bonchev–Trinajstić information content (AvgIpc) is 3.23. The van der Waals surface area contributed by atoms with Crippen molar-refractivity contribution >= 4 is 35.0 Å². The van der Waals surface area contributed by atoms with Gasteiger partial charge in [-0.3, -0.25) is 4.79 Å². The van der Waals surface area contributed by atoms with Crippen molar-refractivity contribution in [2.24, 2.45) is 0 Å². The van der Waals surface area contributed by atoms with E-state index in [1.54, 1.807) is 18.2 Å². The molecule has 4 aromatic rings. The number of halogens is 4. The van der Waals surface area contributed by atoms with Gasteiger partial charge in [0.1, 0.15) is 0 Å². The average molecular weight is 519 g/mol. The number of aromatic nitrogens is 5. The van der Waals surface area contributed by atoms with Crippen LogP contribution in [0.5, 0.6) is 0 Å². The fraction of sp³-hybridized carbons (Fsp3) is 0.174. The van der Waals surface area contributed by atoms with Gasteiger partial charge in [0.25, 0.3) is 5.91 Å². The van der Waals surface area contributed by atoms with Gasteiger partial charge in [-0.05, 0) is 56.7 Å². The van der Waals surface area contributed by atoms with E-state index in [0.29, 0.717) is 27.6 Å². The lowest BCUT2D eigenvalue weighted by atomic mass is 10.2. The van der Waals surface area contributed by atoms with Gasteiger partial charge in [-0.2, -0.15) is 0 Å².